The number of benzene rings is 1. The lowest BCUT2D eigenvalue weighted by Crippen LogP contribution is -2.33. The number of rotatable bonds is 7. The second-order valence-corrected chi connectivity index (χ2v) is 6.38. The molecule has 1 atom stereocenters. The maximum Gasteiger partial charge on any atom is 0.127 e. The van der Waals surface area contributed by atoms with Gasteiger partial charge in [-0.25, -0.2) is 4.98 Å². The van der Waals surface area contributed by atoms with Gasteiger partial charge in [0.15, 0.2) is 0 Å². The zero-order valence-corrected chi connectivity index (χ0v) is 15.2. The van der Waals surface area contributed by atoms with E-state index in [0.29, 0.717) is 12.5 Å². The average molecular weight is 345 g/mol. The molecule has 0 saturated carbocycles. The van der Waals surface area contributed by atoms with Gasteiger partial charge in [0.2, 0.25) is 0 Å². The first-order valence-corrected chi connectivity index (χ1v) is 8.72. The van der Waals surface area contributed by atoms with Crippen LogP contribution in [0.1, 0.15) is 30.3 Å². The molecule has 136 valence electrons. The molecule has 0 bridgehead atoms. The summed E-state index contributed by atoms with van der Waals surface area (Å²) in [7, 11) is 5.40. The number of hydrogen-bond donors (Lipinski definition) is 1. The van der Waals surface area contributed by atoms with E-state index in [9.17, 15) is 0 Å². The highest BCUT2D eigenvalue weighted by atomic mass is 16.5. The lowest BCUT2D eigenvalue weighted by molar-refractivity contribution is 0.0518. The Morgan fingerprint density at radius 3 is 2.72 bits per heavy atom. The first-order chi connectivity index (χ1) is 12.2. The quantitative estimate of drug-likeness (QED) is 0.836. The van der Waals surface area contributed by atoms with E-state index >= 15 is 0 Å². The van der Waals surface area contributed by atoms with Crippen molar-refractivity contribution in [1.82, 2.24) is 14.9 Å². The Balaban J connectivity index is 1.78. The molecule has 1 fully saturated rings. The minimum atomic E-state index is 0.190. The van der Waals surface area contributed by atoms with Crippen LogP contribution in [0, 0.1) is 5.92 Å². The van der Waals surface area contributed by atoms with Gasteiger partial charge in [-0.15, -0.1) is 0 Å². The summed E-state index contributed by atoms with van der Waals surface area (Å²) in [5.74, 6) is 3.21. The summed E-state index contributed by atoms with van der Waals surface area (Å²) in [6.45, 7) is 2.35. The molecule has 25 heavy (non-hydrogen) atoms. The Morgan fingerprint density at radius 2 is 2.08 bits per heavy atom. The number of ether oxygens (including phenoxy) is 3. The van der Waals surface area contributed by atoms with Gasteiger partial charge < -0.3 is 24.1 Å². The highest BCUT2D eigenvalue weighted by molar-refractivity contribution is 5.40. The largest absolute Gasteiger partial charge is 0.497 e. The monoisotopic (exact) mass is 345 g/mol. The molecular weight excluding hydrogens is 318 g/mol. The molecule has 1 unspecified atom stereocenters. The van der Waals surface area contributed by atoms with Gasteiger partial charge in [0.25, 0.3) is 0 Å². The first kappa shape index (κ1) is 17.8. The van der Waals surface area contributed by atoms with Crippen LogP contribution in [-0.2, 0) is 18.3 Å². The molecule has 0 amide bonds. The Hall–Kier alpha value is -2.05. The molecule has 3 rings (SSSR count). The molecule has 6 heteroatoms. The second kappa shape index (κ2) is 8.36. The molecule has 1 aliphatic heterocycles. The zero-order valence-electron chi connectivity index (χ0n) is 15.2. The van der Waals surface area contributed by atoms with Crippen LogP contribution in [0.5, 0.6) is 11.5 Å². The van der Waals surface area contributed by atoms with Crippen molar-refractivity contribution >= 4 is 0 Å². The fourth-order valence-corrected chi connectivity index (χ4v) is 3.41. The summed E-state index contributed by atoms with van der Waals surface area (Å²) >= 11 is 0. The normalized spacial score (nSPS) is 16.6. The van der Waals surface area contributed by atoms with Crippen LogP contribution >= 0.6 is 0 Å². The third-order valence-electron chi connectivity index (χ3n) is 4.88. The zero-order chi connectivity index (χ0) is 17.6. The second-order valence-electron chi connectivity index (χ2n) is 6.38. The number of methoxy groups -OCH3 is 2. The van der Waals surface area contributed by atoms with Crippen LogP contribution in [0.2, 0.25) is 0 Å². The minimum absolute atomic E-state index is 0.190. The number of hydrogen-bond acceptors (Lipinski definition) is 5. The molecule has 2 aromatic rings. The molecule has 0 spiro atoms. The van der Waals surface area contributed by atoms with Gasteiger partial charge in [-0.2, -0.15) is 0 Å². The molecule has 1 aliphatic rings. The summed E-state index contributed by atoms with van der Waals surface area (Å²) in [6, 6.07) is 6.12. The van der Waals surface area contributed by atoms with E-state index in [4.69, 9.17) is 14.2 Å². The van der Waals surface area contributed by atoms with Crippen molar-refractivity contribution in [3.8, 4) is 11.5 Å². The Bertz CT molecular complexity index is 680. The number of nitrogens with one attached hydrogen (secondary N) is 1. The summed E-state index contributed by atoms with van der Waals surface area (Å²) in [6.07, 6.45) is 5.95. The highest BCUT2D eigenvalue weighted by Crippen LogP contribution is 2.31. The maximum atomic E-state index is 5.53. The van der Waals surface area contributed by atoms with E-state index in [1.54, 1.807) is 14.2 Å². The van der Waals surface area contributed by atoms with E-state index in [2.05, 4.69) is 14.9 Å². The van der Waals surface area contributed by atoms with E-state index in [1.165, 1.54) is 0 Å². The highest BCUT2D eigenvalue weighted by Gasteiger charge is 2.28. The van der Waals surface area contributed by atoms with Gasteiger partial charge >= 0.3 is 0 Å². The molecule has 6 nitrogen and oxygen atoms in total. The van der Waals surface area contributed by atoms with Crippen molar-refractivity contribution in [2.24, 2.45) is 13.0 Å². The van der Waals surface area contributed by atoms with Gasteiger partial charge in [0.05, 0.1) is 20.3 Å². The summed E-state index contributed by atoms with van der Waals surface area (Å²) < 4.78 is 18.4. The number of aromatic nitrogens is 2. The van der Waals surface area contributed by atoms with Crippen LogP contribution in [-0.4, -0.2) is 37.0 Å². The van der Waals surface area contributed by atoms with Crippen molar-refractivity contribution in [2.45, 2.75) is 25.4 Å². The van der Waals surface area contributed by atoms with Gasteiger partial charge in [0, 0.05) is 50.8 Å². The van der Waals surface area contributed by atoms with Gasteiger partial charge in [0.1, 0.15) is 17.3 Å². The molecule has 1 aromatic heterocycles. The maximum absolute atomic E-state index is 5.53. The van der Waals surface area contributed by atoms with E-state index in [0.717, 1.165) is 48.9 Å². The number of aryl methyl sites for hydroxylation is 1. The predicted octanol–water partition coefficient (Wildman–Crippen LogP) is 2.69. The van der Waals surface area contributed by atoms with E-state index in [-0.39, 0.29) is 6.04 Å². The Morgan fingerprint density at radius 1 is 1.28 bits per heavy atom. The SMILES string of the molecule is COc1ccc(CNC(c2nccn2C)C2CCOCC2)c(OC)c1. The Labute approximate surface area is 149 Å². The third-order valence-corrected chi connectivity index (χ3v) is 4.88. The minimum Gasteiger partial charge on any atom is -0.497 e. The molecule has 2 heterocycles. The Kier molecular flexibility index (Phi) is 5.94. The fourth-order valence-electron chi connectivity index (χ4n) is 3.41. The average Bonchev–Trinajstić information content (AvgIpc) is 3.08. The van der Waals surface area contributed by atoms with Crippen LogP contribution in [0.15, 0.2) is 30.6 Å². The van der Waals surface area contributed by atoms with E-state index < -0.39 is 0 Å². The van der Waals surface area contributed by atoms with Crippen LogP contribution in [0.3, 0.4) is 0 Å². The fraction of sp³-hybridized carbons (Fsp3) is 0.526. The molecule has 1 aromatic carbocycles. The summed E-state index contributed by atoms with van der Waals surface area (Å²) in [5, 5.41) is 3.70. The molecule has 0 aliphatic carbocycles. The van der Waals surface area contributed by atoms with Gasteiger partial charge in [-0.1, -0.05) is 6.07 Å². The lowest BCUT2D eigenvalue weighted by atomic mass is 9.91. The number of imidazole rings is 1. The van der Waals surface area contributed by atoms with Gasteiger partial charge in [-0.3, -0.25) is 0 Å². The first-order valence-electron chi connectivity index (χ1n) is 8.72. The van der Waals surface area contributed by atoms with Crippen molar-refractivity contribution < 1.29 is 14.2 Å². The van der Waals surface area contributed by atoms with E-state index in [1.807, 2.05) is 37.6 Å². The van der Waals surface area contributed by atoms with Crippen molar-refractivity contribution in [2.75, 3.05) is 27.4 Å². The predicted molar refractivity (Wildman–Crippen MR) is 95.9 cm³/mol. The summed E-state index contributed by atoms with van der Waals surface area (Å²) in [5.41, 5.74) is 1.11. The van der Waals surface area contributed by atoms with Crippen LogP contribution < -0.4 is 14.8 Å². The third kappa shape index (κ3) is 4.14. The van der Waals surface area contributed by atoms with Crippen molar-refractivity contribution in [1.29, 1.82) is 0 Å². The summed E-state index contributed by atoms with van der Waals surface area (Å²) in [4.78, 5) is 4.58. The smallest absolute Gasteiger partial charge is 0.127 e. The number of nitrogens with zero attached hydrogens (tertiary/aromatic N) is 2. The van der Waals surface area contributed by atoms with Crippen LogP contribution in [0.25, 0.3) is 0 Å². The van der Waals surface area contributed by atoms with Crippen molar-refractivity contribution in [3.63, 3.8) is 0 Å². The standard InChI is InChI=1S/C19H27N3O3/c1-22-9-8-20-19(22)18(14-6-10-25-11-7-14)21-13-15-4-5-16(23-2)12-17(15)24-3/h4-5,8-9,12,14,18,21H,6-7,10-11,13H2,1-3H3. The van der Waals surface area contributed by atoms with Gasteiger partial charge in [-0.05, 0) is 24.8 Å². The van der Waals surface area contributed by atoms with Crippen molar-refractivity contribution in [3.05, 3.63) is 42.0 Å². The molecule has 1 N–H and O–H groups in total. The topological polar surface area (TPSA) is 57.5 Å². The lowest BCUT2D eigenvalue weighted by Gasteiger charge is -2.31. The molecule has 0 radical (unpaired) electrons. The molecule has 1 saturated heterocycles. The molecular formula is C19H27N3O3. The van der Waals surface area contributed by atoms with Crippen LogP contribution in [0.4, 0.5) is 0 Å².